The zero-order valence-electron chi connectivity index (χ0n) is 12.9. The molecule has 0 atom stereocenters. The van der Waals surface area contributed by atoms with Crippen molar-refractivity contribution >= 4 is 5.91 Å². The van der Waals surface area contributed by atoms with Gasteiger partial charge in [0.2, 0.25) is 0 Å². The highest BCUT2D eigenvalue weighted by molar-refractivity contribution is 5.92. The van der Waals surface area contributed by atoms with E-state index in [1.54, 1.807) is 42.3 Å². The van der Waals surface area contributed by atoms with Crippen LogP contribution in [0, 0.1) is 6.92 Å². The Bertz CT molecular complexity index is 789. The van der Waals surface area contributed by atoms with Gasteiger partial charge >= 0.3 is 0 Å². The molecular weight excluding hydrogens is 296 g/mol. The zero-order valence-corrected chi connectivity index (χ0v) is 12.9. The van der Waals surface area contributed by atoms with Crippen LogP contribution in [0.15, 0.2) is 35.1 Å². The van der Waals surface area contributed by atoms with Gasteiger partial charge in [0, 0.05) is 43.7 Å². The molecule has 3 heterocycles. The Labute approximate surface area is 132 Å². The molecule has 3 rings (SSSR count). The van der Waals surface area contributed by atoms with E-state index in [9.17, 15) is 4.79 Å². The molecule has 1 amide bonds. The van der Waals surface area contributed by atoms with Gasteiger partial charge in [0.1, 0.15) is 5.69 Å². The van der Waals surface area contributed by atoms with Crippen molar-refractivity contribution in [2.75, 3.05) is 6.54 Å². The molecule has 0 aliphatic heterocycles. The topological polar surface area (TPSA) is 98.7 Å². The first-order chi connectivity index (χ1) is 11.1. The van der Waals surface area contributed by atoms with Gasteiger partial charge < -0.3 is 9.84 Å². The molecule has 0 saturated heterocycles. The van der Waals surface area contributed by atoms with Gasteiger partial charge in [-0.25, -0.2) is 0 Å². The Morgan fingerprint density at radius 1 is 1.35 bits per heavy atom. The van der Waals surface area contributed by atoms with Crippen LogP contribution < -0.4 is 5.32 Å². The maximum Gasteiger partial charge on any atom is 0.271 e. The fraction of sp³-hybridized carbons (Fsp3) is 0.267. The molecule has 0 bridgehead atoms. The number of aryl methyl sites for hydroxylation is 2. The van der Waals surface area contributed by atoms with Crippen molar-refractivity contribution in [2.24, 2.45) is 7.05 Å². The number of nitrogens with one attached hydrogen (secondary N) is 1. The molecule has 3 aromatic rings. The molecular formula is C15H16N6O2. The molecule has 118 valence electrons. The molecule has 8 nitrogen and oxygen atoms in total. The molecule has 0 aliphatic carbocycles. The summed E-state index contributed by atoms with van der Waals surface area (Å²) in [6.45, 7) is 2.30. The second-order valence-corrected chi connectivity index (χ2v) is 5.05. The summed E-state index contributed by atoms with van der Waals surface area (Å²) in [5, 5.41) is 10.8. The van der Waals surface area contributed by atoms with Crippen LogP contribution in [0.4, 0.5) is 0 Å². The van der Waals surface area contributed by atoms with E-state index < -0.39 is 0 Å². The fourth-order valence-electron chi connectivity index (χ4n) is 2.02. The van der Waals surface area contributed by atoms with Gasteiger partial charge in [0.05, 0.1) is 0 Å². The number of aromatic nitrogens is 5. The van der Waals surface area contributed by atoms with E-state index in [2.05, 4.69) is 25.5 Å². The van der Waals surface area contributed by atoms with E-state index in [0.717, 1.165) is 11.3 Å². The molecule has 1 N–H and O–H groups in total. The number of pyridine rings is 1. The predicted molar refractivity (Wildman–Crippen MR) is 81.5 cm³/mol. The standard InChI is InChI=1S/C15H16N6O2/c1-10-9-12(19-21(10)2)14(22)17-8-5-13-18-15(23-20-13)11-3-6-16-7-4-11/h3-4,6-7,9H,5,8H2,1-2H3,(H,17,22). The van der Waals surface area contributed by atoms with Crippen molar-refractivity contribution in [2.45, 2.75) is 13.3 Å². The Morgan fingerprint density at radius 2 is 2.13 bits per heavy atom. The van der Waals surface area contributed by atoms with E-state index in [-0.39, 0.29) is 5.91 Å². The highest BCUT2D eigenvalue weighted by Crippen LogP contribution is 2.15. The summed E-state index contributed by atoms with van der Waals surface area (Å²) in [4.78, 5) is 20.2. The molecule has 23 heavy (non-hydrogen) atoms. The van der Waals surface area contributed by atoms with E-state index in [0.29, 0.717) is 30.4 Å². The number of rotatable bonds is 5. The molecule has 0 aliphatic rings. The largest absolute Gasteiger partial charge is 0.350 e. The average Bonchev–Trinajstić information content (AvgIpc) is 3.16. The van der Waals surface area contributed by atoms with Gasteiger partial charge in [-0.1, -0.05) is 5.16 Å². The van der Waals surface area contributed by atoms with Crippen LogP contribution in [0.1, 0.15) is 22.0 Å². The average molecular weight is 312 g/mol. The van der Waals surface area contributed by atoms with Crippen LogP contribution in [0.25, 0.3) is 11.5 Å². The van der Waals surface area contributed by atoms with Gasteiger partial charge in [0.15, 0.2) is 5.82 Å². The minimum Gasteiger partial charge on any atom is -0.350 e. The summed E-state index contributed by atoms with van der Waals surface area (Å²) in [5.41, 5.74) is 2.14. The fourth-order valence-corrected chi connectivity index (χ4v) is 2.02. The molecule has 0 unspecified atom stereocenters. The second-order valence-electron chi connectivity index (χ2n) is 5.05. The summed E-state index contributed by atoms with van der Waals surface area (Å²) in [7, 11) is 1.80. The molecule has 0 fully saturated rings. The molecule has 8 heteroatoms. The molecule has 0 radical (unpaired) electrons. The summed E-state index contributed by atoms with van der Waals surface area (Å²) in [6, 6.07) is 5.33. The lowest BCUT2D eigenvalue weighted by Gasteiger charge is -1.99. The number of hydrogen-bond acceptors (Lipinski definition) is 6. The third-order valence-corrected chi connectivity index (χ3v) is 3.38. The number of carbonyl (C=O) groups is 1. The lowest BCUT2D eigenvalue weighted by molar-refractivity contribution is 0.0948. The molecule has 0 saturated carbocycles. The Kier molecular flexibility index (Phi) is 4.13. The van der Waals surface area contributed by atoms with Gasteiger partial charge in [-0.15, -0.1) is 0 Å². The predicted octanol–water partition coefficient (Wildman–Crippen LogP) is 1.15. The number of amides is 1. The van der Waals surface area contributed by atoms with Crippen LogP contribution in [0.5, 0.6) is 0 Å². The quantitative estimate of drug-likeness (QED) is 0.758. The Hall–Kier alpha value is -3.03. The number of nitrogens with zero attached hydrogens (tertiary/aromatic N) is 5. The van der Waals surface area contributed by atoms with E-state index in [1.165, 1.54) is 0 Å². The van der Waals surface area contributed by atoms with Crippen molar-refractivity contribution in [1.29, 1.82) is 0 Å². The SMILES string of the molecule is Cc1cc(C(=O)NCCc2noc(-c3ccncc3)n2)nn1C. The summed E-state index contributed by atoms with van der Waals surface area (Å²) in [5.74, 6) is 0.759. The van der Waals surface area contributed by atoms with Crippen LogP contribution in [0.2, 0.25) is 0 Å². The number of hydrogen-bond donors (Lipinski definition) is 1. The first kappa shape index (κ1) is 14.9. The number of carbonyl (C=O) groups excluding carboxylic acids is 1. The van der Waals surface area contributed by atoms with Crippen molar-refractivity contribution in [3.63, 3.8) is 0 Å². The van der Waals surface area contributed by atoms with Gasteiger partial charge in [0.25, 0.3) is 11.8 Å². The van der Waals surface area contributed by atoms with E-state index in [1.807, 2.05) is 6.92 Å². The van der Waals surface area contributed by atoms with Crippen molar-refractivity contribution in [3.05, 3.63) is 47.8 Å². The van der Waals surface area contributed by atoms with E-state index >= 15 is 0 Å². The summed E-state index contributed by atoms with van der Waals surface area (Å²) in [6.07, 6.45) is 3.80. The van der Waals surface area contributed by atoms with Crippen LogP contribution in [-0.4, -0.2) is 37.4 Å². The molecule has 3 aromatic heterocycles. The third kappa shape index (κ3) is 3.42. The molecule has 0 aromatic carbocycles. The first-order valence-corrected chi connectivity index (χ1v) is 7.15. The van der Waals surface area contributed by atoms with Crippen LogP contribution in [0.3, 0.4) is 0 Å². The monoisotopic (exact) mass is 312 g/mol. The lowest BCUT2D eigenvalue weighted by atomic mass is 10.3. The van der Waals surface area contributed by atoms with Crippen molar-refractivity contribution in [1.82, 2.24) is 30.2 Å². The minimum atomic E-state index is -0.216. The van der Waals surface area contributed by atoms with Gasteiger partial charge in [-0.05, 0) is 25.1 Å². The second kappa shape index (κ2) is 6.39. The van der Waals surface area contributed by atoms with Crippen LogP contribution in [-0.2, 0) is 13.5 Å². The first-order valence-electron chi connectivity index (χ1n) is 7.15. The normalized spacial score (nSPS) is 10.7. The summed E-state index contributed by atoms with van der Waals surface area (Å²) < 4.78 is 6.86. The zero-order chi connectivity index (χ0) is 16.2. The van der Waals surface area contributed by atoms with Crippen molar-refractivity contribution in [3.8, 4) is 11.5 Å². The highest BCUT2D eigenvalue weighted by atomic mass is 16.5. The third-order valence-electron chi connectivity index (χ3n) is 3.38. The van der Waals surface area contributed by atoms with Crippen LogP contribution >= 0.6 is 0 Å². The Balaban J connectivity index is 1.55. The summed E-state index contributed by atoms with van der Waals surface area (Å²) >= 11 is 0. The van der Waals surface area contributed by atoms with Gasteiger partial charge in [-0.2, -0.15) is 10.1 Å². The van der Waals surface area contributed by atoms with Crippen molar-refractivity contribution < 1.29 is 9.32 Å². The highest BCUT2D eigenvalue weighted by Gasteiger charge is 2.12. The smallest absolute Gasteiger partial charge is 0.271 e. The van der Waals surface area contributed by atoms with Gasteiger partial charge in [-0.3, -0.25) is 14.5 Å². The van der Waals surface area contributed by atoms with E-state index in [4.69, 9.17) is 4.52 Å². The molecule has 0 spiro atoms. The Morgan fingerprint density at radius 3 is 2.83 bits per heavy atom. The minimum absolute atomic E-state index is 0.216. The maximum absolute atomic E-state index is 12.0. The lowest BCUT2D eigenvalue weighted by Crippen LogP contribution is -2.26. The maximum atomic E-state index is 12.0.